The van der Waals surface area contributed by atoms with Crippen LogP contribution in [-0.4, -0.2) is 17.6 Å². The molecule has 2 rings (SSSR count). The highest BCUT2D eigenvalue weighted by molar-refractivity contribution is 7.09. The zero-order chi connectivity index (χ0) is 12.3. The average molecular weight is 253 g/mol. The number of aryl methyl sites for hydroxylation is 1. The van der Waals surface area contributed by atoms with Crippen molar-refractivity contribution in [1.29, 1.82) is 0 Å². The summed E-state index contributed by atoms with van der Waals surface area (Å²) in [4.78, 5) is 16.2. The van der Waals surface area contributed by atoms with Crippen molar-refractivity contribution in [3.8, 4) is 0 Å². The van der Waals surface area contributed by atoms with Gasteiger partial charge < -0.3 is 4.74 Å². The highest BCUT2D eigenvalue weighted by Gasteiger charge is 2.28. The van der Waals surface area contributed by atoms with E-state index in [-0.39, 0.29) is 11.9 Å². The van der Waals surface area contributed by atoms with Gasteiger partial charge in [-0.3, -0.25) is 4.79 Å². The molecule has 3 nitrogen and oxygen atoms in total. The number of carbonyl (C=O) groups is 1. The van der Waals surface area contributed by atoms with Gasteiger partial charge in [-0.25, -0.2) is 4.98 Å². The van der Waals surface area contributed by atoms with Crippen LogP contribution in [0.3, 0.4) is 0 Å². The Morgan fingerprint density at radius 3 is 2.71 bits per heavy atom. The fraction of sp³-hybridized carbons (Fsp3) is 0.692. The van der Waals surface area contributed by atoms with Crippen molar-refractivity contribution < 1.29 is 9.53 Å². The van der Waals surface area contributed by atoms with Crippen LogP contribution in [0.4, 0.5) is 0 Å². The van der Waals surface area contributed by atoms with E-state index >= 15 is 0 Å². The van der Waals surface area contributed by atoms with Gasteiger partial charge in [-0.05, 0) is 39.5 Å². The van der Waals surface area contributed by atoms with E-state index in [1.807, 2.05) is 13.8 Å². The highest BCUT2D eigenvalue weighted by Crippen LogP contribution is 2.36. The lowest BCUT2D eigenvalue weighted by atomic mass is 9.81. The van der Waals surface area contributed by atoms with E-state index in [4.69, 9.17) is 4.74 Å². The summed E-state index contributed by atoms with van der Waals surface area (Å²) in [6, 6.07) is 0. The number of thiazole rings is 1. The zero-order valence-corrected chi connectivity index (χ0v) is 11.3. The van der Waals surface area contributed by atoms with Crippen molar-refractivity contribution in [3.05, 3.63) is 16.1 Å². The average Bonchev–Trinajstić information content (AvgIpc) is 2.76. The molecule has 0 unspecified atom stereocenters. The van der Waals surface area contributed by atoms with Crippen molar-refractivity contribution in [2.24, 2.45) is 5.92 Å². The second-order valence-corrected chi connectivity index (χ2v) is 5.65. The summed E-state index contributed by atoms with van der Waals surface area (Å²) in [7, 11) is 0. The Balaban J connectivity index is 1.88. The molecular weight excluding hydrogens is 234 g/mol. The Hall–Kier alpha value is -0.900. The number of carbonyl (C=O) groups excluding carboxylic acids is 1. The SMILES string of the molecule is CCOC(=O)[C@H]1CC[C@H](c2csc(C)n2)CC1. The fourth-order valence-electron chi connectivity index (χ4n) is 2.45. The van der Waals surface area contributed by atoms with Crippen molar-refractivity contribution in [2.75, 3.05) is 6.61 Å². The molecule has 1 aromatic heterocycles. The maximum absolute atomic E-state index is 11.6. The van der Waals surface area contributed by atoms with E-state index in [1.54, 1.807) is 11.3 Å². The molecule has 0 N–H and O–H groups in total. The molecule has 0 radical (unpaired) electrons. The molecule has 0 aliphatic heterocycles. The molecule has 1 saturated carbocycles. The molecule has 0 amide bonds. The van der Waals surface area contributed by atoms with Crippen molar-refractivity contribution in [2.45, 2.75) is 45.4 Å². The van der Waals surface area contributed by atoms with Crippen LogP contribution in [0.25, 0.3) is 0 Å². The van der Waals surface area contributed by atoms with Gasteiger partial charge in [0.1, 0.15) is 0 Å². The fourth-order valence-corrected chi connectivity index (χ4v) is 3.15. The van der Waals surface area contributed by atoms with E-state index in [0.29, 0.717) is 12.5 Å². The third-order valence-electron chi connectivity index (χ3n) is 3.40. The Labute approximate surface area is 106 Å². The molecule has 1 fully saturated rings. The van der Waals surface area contributed by atoms with E-state index in [0.717, 1.165) is 30.7 Å². The van der Waals surface area contributed by atoms with E-state index < -0.39 is 0 Å². The first kappa shape index (κ1) is 12.6. The van der Waals surface area contributed by atoms with E-state index in [9.17, 15) is 4.79 Å². The lowest BCUT2D eigenvalue weighted by molar-refractivity contribution is -0.149. The number of aromatic nitrogens is 1. The van der Waals surface area contributed by atoms with Gasteiger partial charge in [0, 0.05) is 11.3 Å². The maximum Gasteiger partial charge on any atom is 0.308 e. The number of ether oxygens (including phenoxy) is 1. The molecule has 1 aromatic rings. The summed E-state index contributed by atoms with van der Waals surface area (Å²) in [5, 5.41) is 3.29. The minimum atomic E-state index is -0.0135. The molecule has 4 heteroatoms. The van der Waals surface area contributed by atoms with Crippen molar-refractivity contribution in [3.63, 3.8) is 0 Å². The van der Waals surface area contributed by atoms with E-state index in [1.165, 1.54) is 5.69 Å². The van der Waals surface area contributed by atoms with Gasteiger partial charge in [-0.15, -0.1) is 11.3 Å². The van der Waals surface area contributed by atoms with Crippen LogP contribution in [0.15, 0.2) is 5.38 Å². The molecule has 0 aromatic carbocycles. The predicted octanol–water partition coefficient (Wildman–Crippen LogP) is 3.29. The largest absolute Gasteiger partial charge is 0.466 e. The number of rotatable bonds is 3. The minimum Gasteiger partial charge on any atom is -0.466 e. The van der Waals surface area contributed by atoms with Crippen LogP contribution in [0.5, 0.6) is 0 Å². The normalized spacial score (nSPS) is 24.6. The van der Waals surface area contributed by atoms with Crippen molar-refractivity contribution in [1.82, 2.24) is 4.98 Å². The van der Waals surface area contributed by atoms with Crippen LogP contribution in [0.2, 0.25) is 0 Å². The van der Waals surface area contributed by atoms with Crippen LogP contribution < -0.4 is 0 Å². The van der Waals surface area contributed by atoms with Gasteiger partial charge in [0.2, 0.25) is 0 Å². The van der Waals surface area contributed by atoms with Gasteiger partial charge in [0.05, 0.1) is 23.2 Å². The number of nitrogens with zero attached hydrogens (tertiary/aromatic N) is 1. The Morgan fingerprint density at radius 2 is 2.18 bits per heavy atom. The number of hydrogen-bond acceptors (Lipinski definition) is 4. The molecule has 17 heavy (non-hydrogen) atoms. The number of esters is 1. The summed E-state index contributed by atoms with van der Waals surface area (Å²) in [5.74, 6) is 0.650. The molecule has 0 atom stereocenters. The van der Waals surface area contributed by atoms with Crippen LogP contribution in [-0.2, 0) is 9.53 Å². The monoisotopic (exact) mass is 253 g/mol. The second kappa shape index (κ2) is 5.63. The number of hydrogen-bond donors (Lipinski definition) is 0. The third kappa shape index (κ3) is 3.06. The van der Waals surface area contributed by atoms with Gasteiger partial charge in [-0.1, -0.05) is 0 Å². The van der Waals surface area contributed by atoms with Crippen LogP contribution in [0, 0.1) is 12.8 Å². The third-order valence-corrected chi connectivity index (χ3v) is 4.19. The highest BCUT2D eigenvalue weighted by atomic mass is 32.1. The molecule has 0 spiro atoms. The Bertz CT molecular complexity index is 381. The predicted molar refractivity (Wildman–Crippen MR) is 68.2 cm³/mol. The standard InChI is InChI=1S/C13H19NO2S/c1-3-16-13(15)11-6-4-10(5-7-11)12-8-17-9(2)14-12/h8,10-11H,3-7H2,1-2H3/t10-,11-. The van der Waals surface area contributed by atoms with Gasteiger partial charge in [0.25, 0.3) is 0 Å². The second-order valence-electron chi connectivity index (χ2n) is 4.59. The maximum atomic E-state index is 11.6. The summed E-state index contributed by atoms with van der Waals surface area (Å²) < 4.78 is 5.07. The molecule has 0 bridgehead atoms. The first-order valence-corrected chi connectivity index (χ1v) is 7.17. The van der Waals surface area contributed by atoms with E-state index in [2.05, 4.69) is 10.4 Å². The summed E-state index contributed by atoms with van der Waals surface area (Å²) >= 11 is 1.71. The summed E-state index contributed by atoms with van der Waals surface area (Å²) in [6.07, 6.45) is 4.01. The van der Waals surface area contributed by atoms with Gasteiger partial charge >= 0.3 is 5.97 Å². The topological polar surface area (TPSA) is 39.2 Å². The van der Waals surface area contributed by atoms with Crippen molar-refractivity contribution >= 4 is 17.3 Å². The quantitative estimate of drug-likeness (QED) is 0.776. The molecule has 0 saturated heterocycles. The van der Waals surface area contributed by atoms with Crippen LogP contribution in [0.1, 0.15) is 49.2 Å². The summed E-state index contributed by atoms with van der Waals surface area (Å²) in [6.45, 7) is 4.39. The lowest BCUT2D eigenvalue weighted by Gasteiger charge is -2.26. The van der Waals surface area contributed by atoms with Crippen LogP contribution >= 0.6 is 11.3 Å². The molecule has 94 valence electrons. The summed E-state index contributed by atoms with van der Waals surface area (Å²) in [5.41, 5.74) is 1.22. The molecule has 1 aliphatic carbocycles. The smallest absolute Gasteiger partial charge is 0.308 e. The first-order valence-electron chi connectivity index (χ1n) is 6.29. The van der Waals surface area contributed by atoms with Gasteiger partial charge in [0.15, 0.2) is 0 Å². The molecular formula is C13H19NO2S. The minimum absolute atomic E-state index is 0.0135. The molecule has 1 aliphatic rings. The zero-order valence-electron chi connectivity index (χ0n) is 10.4. The Kier molecular flexibility index (Phi) is 4.15. The Morgan fingerprint density at radius 1 is 1.47 bits per heavy atom. The molecule has 1 heterocycles. The van der Waals surface area contributed by atoms with Gasteiger partial charge in [-0.2, -0.15) is 0 Å². The lowest BCUT2D eigenvalue weighted by Crippen LogP contribution is -2.23. The first-order chi connectivity index (χ1) is 8.20.